The second-order valence-electron chi connectivity index (χ2n) is 5.80. The number of hydrogen-bond donors (Lipinski definition) is 1. The van der Waals surface area contributed by atoms with Gasteiger partial charge in [-0.2, -0.15) is 0 Å². The number of carboxylic acid groups (broad SMARTS) is 1. The molecule has 0 aromatic heterocycles. The molecule has 6 heteroatoms. The summed E-state index contributed by atoms with van der Waals surface area (Å²) in [5.74, 6) is -0.994. The van der Waals surface area contributed by atoms with Gasteiger partial charge in [0, 0.05) is 6.54 Å². The molecule has 0 aromatic carbocycles. The number of carbonyl (C=O) groups is 2. The molecule has 2 aliphatic rings. The van der Waals surface area contributed by atoms with Crippen LogP contribution in [0.3, 0.4) is 0 Å². The smallest absolute Gasteiger partial charge is 0.305 e. The Balaban J connectivity index is 1.97. The van der Waals surface area contributed by atoms with Gasteiger partial charge in [-0.3, -0.25) is 9.59 Å². The van der Waals surface area contributed by atoms with Crippen molar-refractivity contribution in [2.75, 3.05) is 19.8 Å². The van der Waals surface area contributed by atoms with Gasteiger partial charge in [-0.15, -0.1) is 0 Å². The fraction of sp³-hybridized carbons (Fsp3) is 0.867. The third-order valence-electron chi connectivity index (χ3n) is 4.23. The monoisotopic (exact) mass is 299 g/mol. The van der Waals surface area contributed by atoms with Gasteiger partial charge in [0.15, 0.2) is 0 Å². The molecule has 1 N–H and O–H groups in total. The van der Waals surface area contributed by atoms with Gasteiger partial charge in [-0.25, -0.2) is 0 Å². The number of hydrogen-bond acceptors (Lipinski definition) is 4. The molecule has 6 nitrogen and oxygen atoms in total. The van der Waals surface area contributed by atoms with Crippen molar-refractivity contribution in [3.63, 3.8) is 0 Å². The fourth-order valence-electron chi connectivity index (χ4n) is 3.09. The maximum atomic E-state index is 12.7. The molecular formula is C15H25NO5. The lowest BCUT2D eigenvalue weighted by atomic mass is 10.1. The minimum atomic E-state index is -0.909. The van der Waals surface area contributed by atoms with Gasteiger partial charge in [0.2, 0.25) is 0 Å². The molecule has 1 saturated carbocycles. The topological polar surface area (TPSA) is 76.1 Å². The van der Waals surface area contributed by atoms with Crippen molar-refractivity contribution in [3.05, 3.63) is 0 Å². The molecule has 0 aromatic rings. The molecule has 1 aliphatic heterocycles. The fourth-order valence-corrected chi connectivity index (χ4v) is 3.09. The molecule has 1 amide bonds. The van der Waals surface area contributed by atoms with Crippen LogP contribution in [-0.2, 0) is 19.1 Å². The Morgan fingerprint density at radius 2 is 2.10 bits per heavy atom. The summed E-state index contributed by atoms with van der Waals surface area (Å²) in [7, 11) is 0. The van der Waals surface area contributed by atoms with Gasteiger partial charge in [0.05, 0.1) is 31.8 Å². The molecule has 1 saturated heterocycles. The molecule has 1 aliphatic carbocycles. The lowest BCUT2D eigenvalue weighted by Crippen LogP contribution is -2.53. The predicted octanol–water partition coefficient (Wildman–Crippen LogP) is 1.43. The van der Waals surface area contributed by atoms with Crippen molar-refractivity contribution < 1.29 is 24.2 Å². The Hall–Kier alpha value is -1.14. The highest BCUT2D eigenvalue weighted by Gasteiger charge is 2.34. The molecule has 2 atom stereocenters. The largest absolute Gasteiger partial charge is 0.481 e. The third kappa shape index (κ3) is 4.41. The van der Waals surface area contributed by atoms with E-state index in [0.29, 0.717) is 19.6 Å². The van der Waals surface area contributed by atoms with Crippen molar-refractivity contribution in [2.24, 2.45) is 0 Å². The number of carboxylic acids is 1. The number of nitrogens with zero attached hydrogens (tertiary/aromatic N) is 1. The minimum Gasteiger partial charge on any atom is -0.481 e. The second-order valence-corrected chi connectivity index (χ2v) is 5.80. The van der Waals surface area contributed by atoms with Crippen LogP contribution in [0.2, 0.25) is 0 Å². The van der Waals surface area contributed by atoms with Crippen molar-refractivity contribution in [3.8, 4) is 0 Å². The van der Waals surface area contributed by atoms with E-state index >= 15 is 0 Å². The molecule has 2 fully saturated rings. The van der Waals surface area contributed by atoms with Crippen LogP contribution < -0.4 is 0 Å². The van der Waals surface area contributed by atoms with Crippen molar-refractivity contribution >= 4 is 11.9 Å². The standard InChI is InChI=1S/C15H25NO5/c1-2-13(21-12-5-3-4-6-12)15(19)16-7-8-20-10-11(16)9-14(17)18/h11-13H,2-10H2,1H3,(H,17,18). The van der Waals surface area contributed by atoms with Crippen LogP contribution in [0.25, 0.3) is 0 Å². The summed E-state index contributed by atoms with van der Waals surface area (Å²) in [6.07, 6.45) is 4.62. The second kappa shape index (κ2) is 7.75. The highest BCUT2D eigenvalue weighted by Crippen LogP contribution is 2.24. The summed E-state index contributed by atoms with van der Waals surface area (Å²) in [4.78, 5) is 25.2. The van der Waals surface area contributed by atoms with E-state index in [9.17, 15) is 9.59 Å². The maximum absolute atomic E-state index is 12.7. The molecule has 0 spiro atoms. The van der Waals surface area contributed by atoms with E-state index in [2.05, 4.69) is 0 Å². The average Bonchev–Trinajstić information content (AvgIpc) is 2.97. The van der Waals surface area contributed by atoms with Gasteiger partial charge >= 0.3 is 5.97 Å². The summed E-state index contributed by atoms with van der Waals surface area (Å²) in [6.45, 7) is 3.13. The Morgan fingerprint density at radius 1 is 1.38 bits per heavy atom. The molecule has 2 rings (SSSR count). The Morgan fingerprint density at radius 3 is 2.71 bits per heavy atom. The minimum absolute atomic E-state index is 0.0778. The highest BCUT2D eigenvalue weighted by molar-refractivity contribution is 5.82. The Bertz CT molecular complexity index is 367. The summed E-state index contributed by atoms with van der Waals surface area (Å²) >= 11 is 0. The number of ether oxygens (including phenoxy) is 2. The molecular weight excluding hydrogens is 274 g/mol. The van der Waals surface area contributed by atoms with Crippen LogP contribution >= 0.6 is 0 Å². The number of rotatable bonds is 6. The van der Waals surface area contributed by atoms with E-state index in [-0.39, 0.29) is 31.1 Å². The molecule has 1 heterocycles. The third-order valence-corrected chi connectivity index (χ3v) is 4.23. The predicted molar refractivity (Wildman–Crippen MR) is 76.0 cm³/mol. The zero-order chi connectivity index (χ0) is 15.2. The first kappa shape index (κ1) is 16.2. The number of morpholine rings is 1. The molecule has 120 valence electrons. The lowest BCUT2D eigenvalue weighted by Gasteiger charge is -2.37. The van der Waals surface area contributed by atoms with Crippen molar-refractivity contribution in [2.45, 2.75) is 63.7 Å². The summed E-state index contributed by atoms with van der Waals surface area (Å²) < 4.78 is 11.3. The van der Waals surface area contributed by atoms with E-state index in [1.54, 1.807) is 4.90 Å². The van der Waals surface area contributed by atoms with Crippen LogP contribution in [0.15, 0.2) is 0 Å². The van der Waals surface area contributed by atoms with Gasteiger partial charge in [-0.05, 0) is 19.3 Å². The Kier molecular flexibility index (Phi) is 5.99. The summed E-state index contributed by atoms with van der Waals surface area (Å²) in [5, 5.41) is 8.97. The van der Waals surface area contributed by atoms with Crippen LogP contribution in [0.4, 0.5) is 0 Å². The molecule has 2 unspecified atom stereocenters. The first-order valence-electron chi connectivity index (χ1n) is 7.87. The highest BCUT2D eigenvalue weighted by atomic mass is 16.5. The average molecular weight is 299 g/mol. The number of carbonyl (C=O) groups excluding carboxylic acids is 1. The number of aliphatic carboxylic acids is 1. The number of amides is 1. The SMILES string of the molecule is CCC(OC1CCCC1)C(=O)N1CCOCC1CC(=O)O. The van der Waals surface area contributed by atoms with E-state index in [0.717, 1.165) is 25.7 Å². The lowest BCUT2D eigenvalue weighted by molar-refractivity contribution is -0.158. The molecule has 21 heavy (non-hydrogen) atoms. The summed E-state index contributed by atoms with van der Waals surface area (Å²) in [5.41, 5.74) is 0. The van der Waals surface area contributed by atoms with Crippen molar-refractivity contribution in [1.82, 2.24) is 4.90 Å². The van der Waals surface area contributed by atoms with Crippen LogP contribution in [-0.4, -0.2) is 59.9 Å². The van der Waals surface area contributed by atoms with Crippen LogP contribution in [0.1, 0.15) is 45.4 Å². The quantitative estimate of drug-likeness (QED) is 0.803. The van der Waals surface area contributed by atoms with Gasteiger partial charge < -0.3 is 19.5 Å². The first-order valence-corrected chi connectivity index (χ1v) is 7.87. The van der Waals surface area contributed by atoms with E-state index in [4.69, 9.17) is 14.6 Å². The van der Waals surface area contributed by atoms with Crippen LogP contribution in [0.5, 0.6) is 0 Å². The van der Waals surface area contributed by atoms with Gasteiger partial charge in [0.25, 0.3) is 5.91 Å². The maximum Gasteiger partial charge on any atom is 0.305 e. The molecule has 0 bridgehead atoms. The van der Waals surface area contributed by atoms with E-state index in [1.165, 1.54) is 0 Å². The van der Waals surface area contributed by atoms with Crippen molar-refractivity contribution in [1.29, 1.82) is 0 Å². The van der Waals surface area contributed by atoms with E-state index < -0.39 is 12.1 Å². The Labute approximate surface area is 125 Å². The zero-order valence-corrected chi connectivity index (χ0v) is 12.6. The normalized spacial score (nSPS) is 25.0. The van der Waals surface area contributed by atoms with Gasteiger partial charge in [0.1, 0.15) is 6.10 Å². The van der Waals surface area contributed by atoms with E-state index in [1.807, 2.05) is 6.92 Å². The first-order chi connectivity index (χ1) is 10.1. The zero-order valence-electron chi connectivity index (χ0n) is 12.6. The molecule has 0 radical (unpaired) electrons. The van der Waals surface area contributed by atoms with Crippen LogP contribution in [0, 0.1) is 0 Å². The van der Waals surface area contributed by atoms with Gasteiger partial charge in [-0.1, -0.05) is 19.8 Å². The summed E-state index contributed by atoms with van der Waals surface area (Å²) in [6, 6.07) is -0.384.